The third-order valence-corrected chi connectivity index (χ3v) is 7.94. The molecule has 2 aromatic rings. The summed E-state index contributed by atoms with van der Waals surface area (Å²) in [6.45, 7) is -0.190. The van der Waals surface area contributed by atoms with Gasteiger partial charge in [-0.1, -0.05) is 43.2 Å². The van der Waals surface area contributed by atoms with E-state index in [2.05, 4.69) is 5.32 Å². The zero-order chi connectivity index (χ0) is 27.5. The van der Waals surface area contributed by atoms with Crippen molar-refractivity contribution in [1.29, 1.82) is 0 Å². The molecule has 1 aliphatic heterocycles. The van der Waals surface area contributed by atoms with Crippen molar-refractivity contribution in [3.05, 3.63) is 70.8 Å². The molecule has 9 heteroatoms. The van der Waals surface area contributed by atoms with E-state index < -0.39 is 30.1 Å². The number of benzene rings is 2. The van der Waals surface area contributed by atoms with Crippen LogP contribution in [0.5, 0.6) is 11.5 Å². The number of carbonyl (C=O) groups excluding carboxylic acids is 3. The SMILES string of the molecule is COc1cc(C=O)cc2c1OC1C2C(C(=O)NCCO)=CC(N(C(=O)Cc2ccccc2)C2CCCC2)C1O. The van der Waals surface area contributed by atoms with Crippen LogP contribution in [0.2, 0.25) is 0 Å². The van der Waals surface area contributed by atoms with Crippen LogP contribution in [-0.4, -0.2) is 77.8 Å². The van der Waals surface area contributed by atoms with Crippen LogP contribution >= 0.6 is 0 Å². The fraction of sp³-hybridized carbons (Fsp3) is 0.433. The van der Waals surface area contributed by atoms with Crippen molar-refractivity contribution in [2.75, 3.05) is 20.3 Å². The van der Waals surface area contributed by atoms with Crippen molar-refractivity contribution in [3.63, 3.8) is 0 Å². The lowest BCUT2D eigenvalue weighted by molar-refractivity contribution is -0.139. The first kappa shape index (κ1) is 26.9. The molecule has 4 atom stereocenters. The molecule has 4 unspecified atom stereocenters. The third kappa shape index (κ3) is 5.16. The molecule has 9 nitrogen and oxygen atoms in total. The number of fused-ring (bicyclic) bond motifs is 3. The van der Waals surface area contributed by atoms with Gasteiger partial charge in [0.15, 0.2) is 11.5 Å². The summed E-state index contributed by atoms with van der Waals surface area (Å²) in [6.07, 6.45) is 4.12. The highest BCUT2D eigenvalue weighted by Gasteiger charge is 2.52. The fourth-order valence-corrected chi connectivity index (χ4v) is 6.19. The summed E-state index contributed by atoms with van der Waals surface area (Å²) >= 11 is 0. The number of methoxy groups -OCH3 is 1. The maximum atomic E-state index is 13.8. The van der Waals surface area contributed by atoms with Crippen molar-refractivity contribution in [1.82, 2.24) is 10.2 Å². The maximum absolute atomic E-state index is 13.8. The molecule has 1 heterocycles. The Morgan fingerprint density at radius 1 is 1.18 bits per heavy atom. The third-order valence-electron chi connectivity index (χ3n) is 7.94. The monoisotopic (exact) mass is 534 g/mol. The lowest BCUT2D eigenvalue weighted by Crippen LogP contribution is -2.58. The molecule has 3 N–H and O–H groups in total. The van der Waals surface area contributed by atoms with E-state index >= 15 is 0 Å². The Morgan fingerprint density at radius 3 is 2.59 bits per heavy atom. The van der Waals surface area contributed by atoms with Crippen LogP contribution in [0.1, 0.15) is 53.1 Å². The first-order valence-electron chi connectivity index (χ1n) is 13.4. The van der Waals surface area contributed by atoms with Crippen LogP contribution in [0, 0.1) is 0 Å². The first-order valence-corrected chi connectivity index (χ1v) is 13.4. The number of amides is 2. The second-order valence-corrected chi connectivity index (χ2v) is 10.3. The highest BCUT2D eigenvalue weighted by atomic mass is 16.5. The van der Waals surface area contributed by atoms with E-state index in [9.17, 15) is 24.6 Å². The predicted octanol–water partition coefficient (Wildman–Crippen LogP) is 2.14. The number of carbonyl (C=O) groups is 3. The molecule has 0 radical (unpaired) electrons. The summed E-state index contributed by atoms with van der Waals surface area (Å²) < 4.78 is 11.8. The summed E-state index contributed by atoms with van der Waals surface area (Å²) in [5.74, 6) is -0.547. The second kappa shape index (κ2) is 11.6. The van der Waals surface area contributed by atoms with E-state index in [0.717, 1.165) is 31.2 Å². The average Bonchev–Trinajstić information content (AvgIpc) is 3.62. The molecular weight excluding hydrogens is 500 g/mol. The van der Waals surface area contributed by atoms with Gasteiger partial charge in [0.1, 0.15) is 18.5 Å². The average molecular weight is 535 g/mol. The number of ether oxygens (including phenoxy) is 2. The number of aliphatic hydroxyl groups excluding tert-OH is 2. The summed E-state index contributed by atoms with van der Waals surface area (Å²) in [5, 5.41) is 23.8. The van der Waals surface area contributed by atoms with Gasteiger partial charge in [-0.05, 0) is 36.6 Å². The number of nitrogens with one attached hydrogen (secondary N) is 1. The zero-order valence-corrected chi connectivity index (χ0v) is 21.9. The van der Waals surface area contributed by atoms with E-state index in [1.165, 1.54) is 7.11 Å². The Hall–Kier alpha value is -3.69. The Bertz CT molecular complexity index is 1260. The van der Waals surface area contributed by atoms with Gasteiger partial charge in [0.2, 0.25) is 11.8 Å². The quantitative estimate of drug-likeness (QED) is 0.421. The van der Waals surface area contributed by atoms with Crippen LogP contribution in [0.3, 0.4) is 0 Å². The van der Waals surface area contributed by atoms with Crippen molar-refractivity contribution in [2.45, 2.75) is 62.3 Å². The lowest BCUT2D eigenvalue weighted by atomic mass is 9.77. The smallest absolute Gasteiger partial charge is 0.247 e. The molecule has 2 amide bonds. The number of hydrogen-bond donors (Lipinski definition) is 3. The summed E-state index contributed by atoms with van der Waals surface area (Å²) in [7, 11) is 1.46. The predicted molar refractivity (Wildman–Crippen MR) is 143 cm³/mol. The molecule has 3 aliphatic rings. The molecule has 1 fully saturated rings. The normalized spacial score (nSPS) is 23.7. The fourth-order valence-electron chi connectivity index (χ4n) is 6.19. The van der Waals surface area contributed by atoms with Gasteiger partial charge in [0.25, 0.3) is 0 Å². The van der Waals surface area contributed by atoms with Crippen molar-refractivity contribution < 1.29 is 34.1 Å². The van der Waals surface area contributed by atoms with Crippen LogP contribution in [0.4, 0.5) is 0 Å². The number of aldehydes is 1. The minimum atomic E-state index is -1.14. The standard InChI is InChI=1S/C30H34N2O7/c1-38-24-14-19(17-34)13-21-26-22(30(37)31-11-12-33)16-23(27(36)29(26)39-28(21)24)32(20-9-5-6-10-20)25(35)15-18-7-3-2-4-8-18/h2-4,7-8,13-14,16-17,20,23,26-27,29,33,36H,5-6,9-12,15H2,1H3,(H,31,37). The topological polar surface area (TPSA) is 125 Å². The molecular formula is C30H34N2O7. The second-order valence-electron chi connectivity index (χ2n) is 10.3. The molecule has 2 aliphatic carbocycles. The van der Waals surface area contributed by atoms with Crippen molar-refractivity contribution >= 4 is 18.1 Å². The van der Waals surface area contributed by atoms with Gasteiger partial charge in [-0.3, -0.25) is 14.4 Å². The van der Waals surface area contributed by atoms with Gasteiger partial charge in [-0.2, -0.15) is 0 Å². The molecule has 0 spiro atoms. The van der Waals surface area contributed by atoms with Gasteiger partial charge in [-0.25, -0.2) is 0 Å². The Balaban J connectivity index is 1.58. The van der Waals surface area contributed by atoms with E-state index in [-0.39, 0.29) is 31.5 Å². The van der Waals surface area contributed by atoms with Crippen LogP contribution in [-0.2, 0) is 16.0 Å². The molecule has 5 rings (SSSR count). The van der Waals surface area contributed by atoms with E-state index in [0.29, 0.717) is 34.5 Å². The summed E-state index contributed by atoms with van der Waals surface area (Å²) in [4.78, 5) is 40.7. The molecule has 39 heavy (non-hydrogen) atoms. The van der Waals surface area contributed by atoms with E-state index in [4.69, 9.17) is 9.47 Å². The Labute approximate surface area is 227 Å². The Kier molecular flexibility index (Phi) is 7.99. The summed E-state index contributed by atoms with van der Waals surface area (Å²) in [5.41, 5.74) is 2.11. The molecule has 206 valence electrons. The van der Waals surface area contributed by atoms with Gasteiger partial charge in [0, 0.05) is 29.3 Å². The van der Waals surface area contributed by atoms with Crippen LogP contribution in [0.15, 0.2) is 54.1 Å². The molecule has 2 aromatic carbocycles. The molecule has 1 saturated carbocycles. The molecule has 0 aromatic heterocycles. The first-order chi connectivity index (χ1) is 19.0. The summed E-state index contributed by atoms with van der Waals surface area (Å²) in [6, 6.07) is 11.8. The van der Waals surface area contributed by atoms with Crippen LogP contribution in [0.25, 0.3) is 0 Å². The van der Waals surface area contributed by atoms with Gasteiger partial charge in [-0.15, -0.1) is 0 Å². The van der Waals surface area contributed by atoms with Crippen molar-refractivity contribution in [2.24, 2.45) is 0 Å². The number of hydrogen-bond acceptors (Lipinski definition) is 7. The lowest BCUT2D eigenvalue weighted by Gasteiger charge is -2.43. The van der Waals surface area contributed by atoms with Gasteiger partial charge in [0.05, 0.1) is 32.1 Å². The van der Waals surface area contributed by atoms with E-state index in [1.54, 1.807) is 23.1 Å². The zero-order valence-electron chi connectivity index (χ0n) is 21.9. The number of nitrogens with zero attached hydrogens (tertiary/aromatic N) is 1. The minimum Gasteiger partial charge on any atom is -0.493 e. The van der Waals surface area contributed by atoms with Crippen molar-refractivity contribution in [3.8, 4) is 11.5 Å². The molecule has 0 bridgehead atoms. The minimum absolute atomic E-state index is 0.0471. The number of aliphatic hydroxyl groups is 2. The molecule has 0 saturated heterocycles. The van der Waals surface area contributed by atoms with Crippen LogP contribution < -0.4 is 14.8 Å². The largest absolute Gasteiger partial charge is 0.493 e. The number of rotatable bonds is 9. The highest BCUT2D eigenvalue weighted by molar-refractivity contribution is 5.96. The highest BCUT2D eigenvalue weighted by Crippen LogP contribution is 2.51. The maximum Gasteiger partial charge on any atom is 0.247 e. The van der Waals surface area contributed by atoms with Gasteiger partial charge >= 0.3 is 0 Å². The Morgan fingerprint density at radius 2 is 1.92 bits per heavy atom. The van der Waals surface area contributed by atoms with Gasteiger partial charge < -0.3 is 29.9 Å². The van der Waals surface area contributed by atoms with E-state index in [1.807, 2.05) is 30.3 Å².